The minimum Gasteiger partial charge on any atom is -0.337 e. The molecule has 0 fully saturated rings. The first-order valence-corrected chi connectivity index (χ1v) is 10.5. The molecule has 8 heteroatoms. The van der Waals surface area contributed by atoms with Crippen molar-refractivity contribution in [3.05, 3.63) is 65.7 Å². The highest BCUT2D eigenvalue weighted by molar-refractivity contribution is 7.89. The van der Waals surface area contributed by atoms with Crippen LogP contribution in [0.2, 0.25) is 0 Å². The SMILES string of the molecule is CC(C)NS(=O)(=O)c1ccc(C(=O)N(CCN)CCc2ccccc2)cc1.Cl. The molecular formula is C20H28ClN3O3S. The molecule has 0 spiro atoms. The predicted molar refractivity (Wildman–Crippen MR) is 114 cm³/mol. The molecule has 1 amide bonds. The molecule has 6 nitrogen and oxygen atoms in total. The summed E-state index contributed by atoms with van der Waals surface area (Å²) in [7, 11) is -3.57. The highest BCUT2D eigenvalue weighted by Gasteiger charge is 2.18. The van der Waals surface area contributed by atoms with Gasteiger partial charge in [0.05, 0.1) is 4.90 Å². The summed E-state index contributed by atoms with van der Waals surface area (Å²) in [5.74, 6) is -0.155. The van der Waals surface area contributed by atoms with E-state index in [0.717, 1.165) is 12.0 Å². The van der Waals surface area contributed by atoms with Crippen LogP contribution >= 0.6 is 12.4 Å². The maximum Gasteiger partial charge on any atom is 0.253 e. The largest absolute Gasteiger partial charge is 0.337 e. The number of amides is 1. The minimum atomic E-state index is -3.57. The molecule has 0 aliphatic rings. The lowest BCUT2D eigenvalue weighted by molar-refractivity contribution is 0.0762. The van der Waals surface area contributed by atoms with Crippen LogP contribution in [-0.2, 0) is 16.4 Å². The molecule has 154 valence electrons. The van der Waals surface area contributed by atoms with Gasteiger partial charge < -0.3 is 10.6 Å². The lowest BCUT2D eigenvalue weighted by Crippen LogP contribution is -2.37. The number of benzene rings is 2. The molecule has 0 atom stereocenters. The van der Waals surface area contributed by atoms with Crippen LogP contribution in [0.15, 0.2) is 59.5 Å². The van der Waals surface area contributed by atoms with Gasteiger partial charge in [-0.05, 0) is 50.1 Å². The first-order chi connectivity index (χ1) is 12.8. The van der Waals surface area contributed by atoms with Gasteiger partial charge in [0.2, 0.25) is 10.0 Å². The number of hydrogen-bond donors (Lipinski definition) is 2. The quantitative estimate of drug-likeness (QED) is 0.645. The standard InChI is InChI=1S/C20H27N3O3S.ClH/c1-16(2)22-27(25,26)19-10-8-18(9-11-19)20(24)23(15-13-21)14-12-17-6-4-3-5-7-17;/h3-11,16,22H,12-15,21H2,1-2H3;1H. The summed E-state index contributed by atoms with van der Waals surface area (Å²) in [6.45, 7) is 4.88. The molecule has 0 aromatic heterocycles. The molecule has 0 saturated heterocycles. The number of carbonyl (C=O) groups is 1. The molecule has 2 aromatic carbocycles. The monoisotopic (exact) mass is 425 g/mol. The first-order valence-electron chi connectivity index (χ1n) is 8.99. The van der Waals surface area contributed by atoms with Crippen LogP contribution in [0.1, 0.15) is 29.8 Å². The second-order valence-corrected chi connectivity index (χ2v) is 8.33. The van der Waals surface area contributed by atoms with Gasteiger partial charge >= 0.3 is 0 Å². The fourth-order valence-electron chi connectivity index (χ4n) is 2.72. The fraction of sp³-hybridized carbons (Fsp3) is 0.350. The summed E-state index contributed by atoms with van der Waals surface area (Å²) in [6, 6.07) is 15.7. The molecule has 0 aliphatic heterocycles. The zero-order chi connectivity index (χ0) is 19.9. The average Bonchev–Trinajstić information content (AvgIpc) is 2.64. The van der Waals surface area contributed by atoms with Gasteiger partial charge in [0.1, 0.15) is 0 Å². The van der Waals surface area contributed by atoms with E-state index < -0.39 is 10.0 Å². The number of nitrogens with zero attached hydrogens (tertiary/aromatic N) is 1. The van der Waals surface area contributed by atoms with Crippen LogP contribution in [0.4, 0.5) is 0 Å². The van der Waals surface area contributed by atoms with Crippen LogP contribution in [-0.4, -0.2) is 44.9 Å². The predicted octanol–water partition coefficient (Wildman–Crippen LogP) is 2.44. The Balaban J connectivity index is 0.00000392. The van der Waals surface area contributed by atoms with Gasteiger partial charge in [-0.2, -0.15) is 0 Å². The number of nitrogens with two attached hydrogens (primary N) is 1. The average molecular weight is 426 g/mol. The summed E-state index contributed by atoms with van der Waals surface area (Å²) < 4.78 is 26.9. The molecule has 0 radical (unpaired) electrons. The number of hydrogen-bond acceptors (Lipinski definition) is 4. The van der Waals surface area contributed by atoms with Crippen molar-refractivity contribution >= 4 is 28.3 Å². The lowest BCUT2D eigenvalue weighted by Gasteiger charge is -2.22. The van der Waals surface area contributed by atoms with Gasteiger partial charge in [0.25, 0.3) is 5.91 Å². The topological polar surface area (TPSA) is 92.5 Å². The van der Waals surface area contributed by atoms with E-state index in [1.807, 2.05) is 30.3 Å². The van der Waals surface area contributed by atoms with Crippen LogP contribution in [0.25, 0.3) is 0 Å². The lowest BCUT2D eigenvalue weighted by atomic mass is 10.1. The molecule has 3 N–H and O–H groups in total. The first kappa shape index (κ1) is 24.1. The van der Waals surface area contributed by atoms with Gasteiger partial charge in [0.15, 0.2) is 0 Å². The summed E-state index contributed by atoms with van der Waals surface area (Å²) in [6.07, 6.45) is 0.733. The van der Waals surface area contributed by atoms with Crippen molar-refractivity contribution < 1.29 is 13.2 Å². The highest BCUT2D eigenvalue weighted by Crippen LogP contribution is 2.13. The Morgan fingerprint density at radius 2 is 1.64 bits per heavy atom. The molecule has 2 rings (SSSR count). The second-order valence-electron chi connectivity index (χ2n) is 6.62. The Bertz CT molecular complexity index is 841. The minimum absolute atomic E-state index is 0. The van der Waals surface area contributed by atoms with E-state index in [9.17, 15) is 13.2 Å². The zero-order valence-electron chi connectivity index (χ0n) is 16.2. The van der Waals surface area contributed by atoms with Crippen LogP contribution in [0.3, 0.4) is 0 Å². The van der Waals surface area contributed by atoms with Crippen molar-refractivity contribution in [1.82, 2.24) is 9.62 Å². The van der Waals surface area contributed by atoms with Gasteiger partial charge in [0, 0.05) is 31.2 Å². The smallest absolute Gasteiger partial charge is 0.253 e. The Kier molecular flexibility index (Phi) is 9.61. The number of rotatable bonds is 9. The maximum atomic E-state index is 12.8. The van der Waals surface area contributed by atoms with Crippen LogP contribution < -0.4 is 10.5 Å². The summed E-state index contributed by atoms with van der Waals surface area (Å²) in [5, 5.41) is 0. The molecule has 0 unspecified atom stereocenters. The van der Waals surface area contributed by atoms with Crippen molar-refractivity contribution in [3.8, 4) is 0 Å². The number of sulfonamides is 1. The molecule has 0 heterocycles. The van der Waals surface area contributed by atoms with Gasteiger partial charge in [-0.25, -0.2) is 13.1 Å². The normalized spacial score (nSPS) is 11.1. The van der Waals surface area contributed by atoms with Gasteiger partial charge in [-0.3, -0.25) is 4.79 Å². The second kappa shape index (κ2) is 11.2. The van der Waals surface area contributed by atoms with E-state index in [0.29, 0.717) is 25.2 Å². The Labute approximate surface area is 173 Å². The van der Waals surface area contributed by atoms with E-state index in [4.69, 9.17) is 5.73 Å². The number of nitrogens with one attached hydrogen (secondary N) is 1. The number of carbonyl (C=O) groups excluding carboxylic acids is 1. The molecule has 0 saturated carbocycles. The van der Waals surface area contributed by atoms with Gasteiger partial charge in [-0.1, -0.05) is 30.3 Å². The highest BCUT2D eigenvalue weighted by atomic mass is 35.5. The Hall–Kier alpha value is -1.93. The van der Waals surface area contributed by atoms with E-state index >= 15 is 0 Å². The number of halogens is 1. The summed E-state index contributed by atoms with van der Waals surface area (Å²) in [5.41, 5.74) is 7.25. The molecular weight excluding hydrogens is 398 g/mol. The van der Waals surface area contributed by atoms with Crippen molar-refractivity contribution in [3.63, 3.8) is 0 Å². The third kappa shape index (κ3) is 6.91. The third-order valence-electron chi connectivity index (χ3n) is 4.00. The van der Waals surface area contributed by atoms with Crippen LogP contribution in [0.5, 0.6) is 0 Å². The van der Waals surface area contributed by atoms with Crippen molar-refractivity contribution in [2.24, 2.45) is 5.73 Å². The van der Waals surface area contributed by atoms with E-state index in [1.54, 1.807) is 30.9 Å². The maximum absolute atomic E-state index is 12.8. The molecule has 28 heavy (non-hydrogen) atoms. The summed E-state index contributed by atoms with van der Waals surface area (Å²) in [4.78, 5) is 14.6. The van der Waals surface area contributed by atoms with E-state index in [2.05, 4.69) is 4.72 Å². The molecule has 0 aliphatic carbocycles. The fourth-order valence-corrected chi connectivity index (χ4v) is 3.97. The third-order valence-corrected chi connectivity index (χ3v) is 5.68. The van der Waals surface area contributed by atoms with Gasteiger partial charge in [-0.15, -0.1) is 12.4 Å². The van der Waals surface area contributed by atoms with Crippen molar-refractivity contribution in [2.75, 3.05) is 19.6 Å². The molecule has 0 bridgehead atoms. The van der Waals surface area contributed by atoms with E-state index in [1.165, 1.54) is 12.1 Å². The molecule has 2 aromatic rings. The Morgan fingerprint density at radius 3 is 2.18 bits per heavy atom. The Morgan fingerprint density at radius 1 is 1.04 bits per heavy atom. The van der Waals surface area contributed by atoms with Crippen LogP contribution in [0, 0.1) is 0 Å². The zero-order valence-corrected chi connectivity index (χ0v) is 17.8. The van der Waals surface area contributed by atoms with Crippen molar-refractivity contribution in [1.29, 1.82) is 0 Å². The summed E-state index contributed by atoms with van der Waals surface area (Å²) >= 11 is 0. The van der Waals surface area contributed by atoms with E-state index in [-0.39, 0.29) is 29.3 Å². The van der Waals surface area contributed by atoms with Crippen molar-refractivity contribution in [2.45, 2.75) is 31.2 Å².